The Hall–Kier alpha value is -1.02. The molecule has 0 aliphatic heterocycles. The predicted octanol–water partition coefficient (Wildman–Crippen LogP) is 2.67. The largest absolute Gasteiger partial charge is 0.497 e. The first-order chi connectivity index (χ1) is 7.13. The molecule has 0 saturated carbocycles. The lowest BCUT2D eigenvalue weighted by Gasteiger charge is -2.09. The standard InChI is InChI=1S/C13H21NO/c1-10-9-13(15-3)8-7-12(10)6-4-5-11(2)14/h7-9,11H,4-6,14H2,1-3H3. The summed E-state index contributed by atoms with van der Waals surface area (Å²) in [6.45, 7) is 4.19. The molecular weight excluding hydrogens is 186 g/mol. The maximum Gasteiger partial charge on any atom is 0.119 e. The summed E-state index contributed by atoms with van der Waals surface area (Å²) in [4.78, 5) is 0. The number of nitrogens with two attached hydrogens (primary N) is 1. The summed E-state index contributed by atoms with van der Waals surface area (Å²) < 4.78 is 5.17. The second kappa shape index (κ2) is 5.76. The van der Waals surface area contributed by atoms with Crippen molar-refractivity contribution in [1.29, 1.82) is 0 Å². The Labute approximate surface area is 92.4 Å². The average molecular weight is 207 g/mol. The molecule has 0 aliphatic rings. The summed E-state index contributed by atoms with van der Waals surface area (Å²) in [5.74, 6) is 0.934. The van der Waals surface area contributed by atoms with E-state index in [0.29, 0.717) is 6.04 Å². The molecule has 2 N–H and O–H groups in total. The van der Waals surface area contributed by atoms with Gasteiger partial charge < -0.3 is 10.5 Å². The highest BCUT2D eigenvalue weighted by atomic mass is 16.5. The van der Waals surface area contributed by atoms with E-state index in [9.17, 15) is 0 Å². The molecule has 0 spiro atoms. The molecule has 1 unspecified atom stereocenters. The normalized spacial score (nSPS) is 12.5. The van der Waals surface area contributed by atoms with Crippen molar-refractivity contribution in [2.75, 3.05) is 7.11 Å². The van der Waals surface area contributed by atoms with Crippen molar-refractivity contribution in [3.63, 3.8) is 0 Å². The number of methoxy groups -OCH3 is 1. The monoisotopic (exact) mass is 207 g/mol. The van der Waals surface area contributed by atoms with Crippen LogP contribution in [0, 0.1) is 6.92 Å². The van der Waals surface area contributed by atoms with E-state index < -0.39 is 0 Å². The van der Waals surface area contributed by atoms with Gasteiger partial charge in [-0.3, -0.25) is 0 Å². The van der Waals surface area contributed by atoms with Crippen molar-refractivity contribution in [1.82, 2.24) is 0 Å². The Bertz CT molecular complexity index is 307. The first-order valence-electron chi connectivity index (χ1n) is 5.52. The lowest BCUT2D eigenvalue weighted by Crippen LogP contribution is -2.14. The SMILES string of the molecule is COc1ccc(CCCC(C)N)c(C)c1. The van der Waals surface area contributed by atoms with Gasteiger partial charge in [0.1, 0.15) is 5.75 Å². The fourth-order valence-corrected chi connectivity index (χ4v) is 1.69. The van der Waals surface area contributed by atoms with Crippen molar-refractivity contribution in [2.24, 2.45) is 5.73 Å². The quantitative estimate of drug-likeness (QED) is 0.805. The molecule has 0 aromatic heterocycles. The smallest absolute Gasteiger partial charge is 0.119 e. The maximum atomic E-state index is 5.72. The van der Waals surface area contributed by atoms with E-state index in [1.807, 2.05) is 6.07 Å². The van der Waals surface area contributed by atoms with Crippen LogP contribution in [-0.2, 0) is 6.42 Å². The van der Waals surface area contributed by atoms with Crippen LogP contribution in [0.1, 0.15) is 30.9 Å². The van der Waals surface area contributed by atoms with Gasteiger partial charge in [0.05, 0.1) is 7.11 Å². The van der Waals surface area contributed by atoms with Crippen molar-refractivity contribution in [2.45, 2.75) is 39.2 Å². The fraction of sp³-hybridized carbons (Fsp3) is 0.538. The van der Waals surface area contributed by atoms with Crippen molar-refractivity contribution in [3.05, 3.63) is 29.3 Å². The van der Waals surface area contributed by atoms with Gasteiger partial charge in [-0.05, 0) is 56.4 Å². The summed E-state index contributed by atoms with van der Waals surface area (Å²) in [6.07, 6.45) is 3.35. The fourth-order valence-electron chi connectivity index (χ4n) is 1.69. The van der Waals surface area contributed by atoms with Crippen LogP contribution in [0.25, 0.3) is 0 Å². The third-order valence-electron chi connectivity index (χ3n) is 2.66. The Morgan fingerprint density at radius 3 is 2.67 bits per heavy atom. The molecule has 0 heterocycles. The van der Waals surface area contributed by atoms with E-state index in [1.54, 1.807) is 7.11 Å². The van der Waals surface area contributed by atoms with Crippen LogP contribution in [0.2, 0.25) is 0 Å². The topological polar surface area (TPSA) is 35.2 Å². The van der Waals surface area contributed by atoms with Crippen LogP contribution in [0.4, 0.5) is 0 Å². The molecule has 0 aliphatic carbocycles. The molecule has 15 heavy (non-hydrogen) atoms. The van der Waals surface area contributed by atoms with Crippen molar-refractivity contribution >= 4 is 0 Å². The minimum atomic E-state index is 0.309. The molecule has 0 radical (unpaired) electrons. The van der Waals surface area contributed by atoms with Crippen LogP contribution in [0.5, 0.6) is 5.75 Å². The first-order valence-corrected chi connectivity index (χ1v) is 5.52. The van der Waals surface area contributed by atoms with Gasteiger partial charge in [0.25, 0.3) is 0 Å². The van der Waals surface area contributed by atoms with E-state index in [4.69, 9.17) is 10.5 Å². The maximum absolute atomic E-state index is 5.72. The van der Waals surface area contributed by atoms with Gasteiger partial charge in [0.15, 0.2) is 0 Å². The molecule has 1 rings (SSSR count). The van der Waals surface area contributed by atoms with Gasteiger partial charge in [0, 0.05) is 6.04 Å². The van der Waals surface area contributed by atoms with Gasteiger partial charge in [-0.15, -0.1) is 0 Å². The van der Waals surface area contributed by atoms with E-state index in [2.05, 4.69) is 26.0 Å². The van der Waals surface area contributed by atoms with Crippen LogP contribution in [0.3, 0.4) is 0 Å². The van der Waals surface area contributed by atoms with E-state index in [1.165, 1.54) is 11.1 Å². The summed E-state index contributed by atoms with van der Waals surface area (Å²) in [6, 6.07) is 6.56. The zero-order chi connectivity index (χ0) is 11.3. The molecule has 1 atom stereocenters. The van der Waals surface area contributed by atoms with Gasteiger partial charge >= 0.3 is 0 Å². The third kappa shape index (κ3) is 3.92. The van der Waals surface area contributed by atoms with Gasteiger partial charge in [-0.2, -0.15) is 0 Å². The number of ether oxygens (including phenoxy) is 1. The Kier molecular flexibility index (Phi) is 4.63. The number of rotatable bonds is 5. The Morgan fingerprint density at radius 2 is 2.13 bits per heavy atom. The van der Waals surface area contributed by atoms with Crippen LogP contribution < -0.4 is 10.5 Å². The highest BCUT2D eigenvalue weighted by Crippen LogP contribution is 2.18. The molecule has 0 bridgehead atoms. The van der Waals surface area contributed by atoms with Crippen molar-refractivity contribution in [3.8, 4) is 5.75 Å². The highest BCUT2D eigenvalue weighted by Gasteiger charge is 2.01. The number of hydrogen-bond donors (Lipinski definition) is 1. The summed E-state index contributed by atoms with van der Waals surface area (Å²) in [5, 5.41) is 0. The first kappa shape index (κ1) is 12.1. The molecular formula is C13H21NO. The molecule has 2 heteroatoms. The van der Waals surface area contributed by atoms with E-state index >= 15 is 0 Å². The molecule has 1 aromatic rings. The summed E-state index contributed by atoms with van der Waals surface area (Å²) in [7, 11) is 1.70. The minimum absolute atomic E-state index is 0.309. The Balaban J connectivity index is 2.54. The lowest BCUT2D eigenvalue weighted by molar-refractivity contribution is 0.414. The summed E-state index contributed by atoms with van der Waals surface area (Å²) >= 11 is 0. The molecule has 0 amide bonds. The zero-order valence-corrected chi connectivity index (χ0v) is 9.92. The molecule has 1 aromatic carbocycles. The minimum Gasteiger partial charge on any atom is -0.497 e. The third-order valence-corrected chi connectivity index (χ3v) is 2.66. The molecule has 84 valence electrons. The molecule has 0 saturated heterocycles. The van der Waals surface area contributed by atoms with E-state index in [-0.39, 0.29) is 0 Å². The lowest BCUT2D eigenvalue weighted by atomic mass is 10.0. The second-order valence-corrected chi connectivity index (χ2v) is 4.16. The number of benzene rings is 1. The number of aryl methyl sites for hydroxylation is 2. The van der Waals surface area contributed by atoms with Gasteiger partial charge in [0.2, 0.25) is 0 Å². The highest BCUT2D eigenvalue weighted by molar-refractivity contribution is 5.34. The van der Waals surface area contributed by atoms with Crippen LogP contribution in [0.15, 0.2) is 18.2 Å². The zero-order valence-electron chi connectivity index (χ0n) is 9.92. The van der Waals surface area contributed by atoms with Crippen LogP contribution in [-0.4, -0.2) is 13.2 Å². The van der Waals surface area contributed by atoms with Gasteiger partial charge in [-0.25, -0.2) is 0 Å². The predicted molar refractivity (Wildman–Crippen MR) is 64.3 cm³/mol. The second-order valence-electron chi connectivity index (χ2n) is 4.16. The van der Waals surface area contributed by atoms with Gasteiger partial charge in [-0.1, -0.05) is 6.07 Å². The average Bonchev–Trinajstić information content (AvgIpc) is 2.20. The molecule has 0 fully saturated rings. The van der Waals surface area contributed by atoms with Crippen molar-refractivity contribution < 1.29 is 4.74 Å². The van der Waals surface area contributed by atoms with E-state index in [0.717, 1.165) is 25.0 Å². The summed E-state index contributed by atoms with van der Waals surface area (Å²) in [5.41, 5.74) is 8.42. The molecule has 2 nitrogen and oxygen atoms in total. The Morgan fingerprint density at radius 1 is 1.40 bits per heavy atom. The number of hydrogen-bond acceptors (Lipinski definition) is 2. The van der Waals surface area contributed by atoms with Crippen LogP contribution >= 0.6 is 0 Å².